The molecule has 4 fully saturated rings. The molecule has 4 aliphatic rings. The number of ether oxygens (including phenoxy) is 2. The SMILES string of the molecule is CC(=O)Nc1ccc(C)cc1C(=O)N1CCCC[C@H]1c1cc2nc(Cl)c(C)cn2n1.CC(=O)Nc1ccc(C)cc1C(=O)N1CCCC[C@H]1c1cc2nc(N3CC(NC(=O)OC(C)(C)C)C3)c(C)cn2n1.CC(C)(C)OC(=O)NC1CNC1. The molecule has 5 N–H and O–H groups in total. The van der Waals surface area contributed by atoms with Gasteiger partial charge in [0.2, 0.25) is 11.8 Å². The number of fused-ring (bicyclic) bond motifs is 2. The molecule has 0 aliphatic carbocycles. The molecule has 4 aromatic heterocycles. The van der Waals surface area contributed by atoms with Gasteiger partial charge >= 0.3 is 12.2 Å². The lowest BCUT2D eigenvalue weighted by Crippen LogP contribution is -2.60. The van der Waals surface area contributed by atoms with Gasteiger partial charge in [-0.15, -0.1) is 0 Å². The van der Waals surface area contributed by atoms with Crippen LogP contribution in [0.2, 0.25) is 5.15 Å². The van der Waals surface area contributed by atoms with Crippen molar-refractivity contribution in [1.82, 2.24) is 54.9 Å². The van der Waals surface area contributed by atoms with Crippen molar-refractivity contribution in [2.45, 2.75) is 157 Å². The number of aromatic nitrogens is 6. The zero-order chi connectivity index (χ0) is 60.1. The number of aryl methyl sites for hydroxylation is 4. The van der Waals surface area contributed by atoms with Crippen molar-refractivity contribution in [3.63, 3.8) is 0 Å². The molecule has 2 atom stereocenters. The van der Waals surface area contributed by atoms with E-state index >= 15 is 0 Å². The summed E-state index contributed by atoms with van der Waals surface area (Å²) in [4.78, 5) is 89.2. The van der Waals surface area contributed by atoms with Crippen LogP contribution in [0, 0.1) is 27.7 Å². The number of alkyl carbamates (subject to hydrolysis) is 2. The first-order chi connectivity index (χ1) is 39.2. The molecule has 0 radical (unpaired) electrons. The lowest BCUT2D eigenvalue weighted by molar-refractivity contribution is -0.115. The Labute approximate surface area is 489 Å². The topological polar surface area (TPSA) is 251 Å². The van der Waals surface area contributed by atoms with Gasteiger partial charge in [-0.2, -0.15) is 10.2 Å². The summed E-state index contributed by atoms with van der Waals surface area (Å²) in [6, 6.07) is 14.7. The Balaban J connectivity index is 0.000000186. The highest BCUT2D eigenvalue weighted by Crippen LogP contribution is 2.36. The molecule has 444 valence electrons. The van der Waals surface area contributed by atoms with Gasteiger partial charge in [-0.05, 0) is 132 Å². The molecule has 23 heteroatoms. The average Bonchev–Trinajstić information content (AvgIpc) is 4.16. The Kier molecular flexibility index (Phi) is 19.0. The number of hydrogen-bond acceptors (Lipinski definition) is 14. The summed E-state index contributed by atoms with van der Waals surface area (Å²) in [5.74, 6) is 0.202. The first-order valence-electron chi connectivity index (χ1n) is 28.4. The van der Waals surface area contributed by atoms with Crippen LogP contribution >= 0.6 is 11.6 Å². The van der Waals surface area contributed by atoms with E-state index in [-0.39, 0.29) is 53.9 Å². The van der Waals surface area contributed by atoms with Crippen molar-refractivity contribution in [3.8, 4) is 0 Å². The number of carbonyl (C=O) groups is 6. The number of nitrogens with one attached hydrogen (secondary N) is 5. The molecular formula is C60H79ClN14O8. The molecule has 0 spiro atoms. The van der Waals surface area contributed by atoms with Gasteiger partial charge in [-0.1, -0.05) is 34.9 Å². The summed E-state index contributed by atoms with van der Waals surface area (Å²) in [5.41, 5.74) is 7.77. The van der Waals surface area contributed by atoms with Gasteiger partial charge in [0.25, 0.3) is 11.8 Å². The quantitative estimate of drug-likeness (QED) is 0.0847. The zero-order valence-electron chi connectivity index (χ0n) is 49.7. The third-order valence-corrected chi connectivity index (χ3v) is 14.6. The molecule has 0 unspecified atom stereocenters. The third-order valence-electron chi connectivity index (χ3n) is 14.3. The predicted molar refractivity (Wildman–Crippen MR) is 318 cm³/mol. The number of anilines is 3. The highest BCUT2D eigenvalue weighted by molar-refractivity contribution is 6.30. The van der Waals surface area contributed by atoms with Crippen molar-refractivity contribution in [2.75, 3.05) is 54.8 Å². The second kappa shape index (κ2) is 25.7. The van der Waals surface area contributed by atoms with Crippen molar-refractivity contribution in [2.24, 2.45) is 0 Å². The van der Waals surface area contributed by atoms with Gasteiger partial charge in [0.15, 0.2) is 11.3 Å². The Morgan fingerprint density at radius 1 is 0.602 bits per heavy atom. The van der Waals surface area contributed by atoms with Crippen molar-refractivity contribution in [1.29, 1.82) is 0 Å². The molecule has 0 saturated carbocycles. The monoisotopic (exact) mass is 1160 g/mol. The number of piperidine rings is 2. The van der Waals surface area contributed by atoms with Gasteiger partial charge < -0.3 is 50.8 Å². The standard InChI is InChI=1S/C30H39N7O4.C22H24ClN5O2.C8H16N2O2/c1-18-10-11-23(31-20(3)38)22(13-18)28(39)36-12-8-7-9-25(36)24-14-26-33-27(19(2)15-37(26)34-24)35-16-21(17-35)32-29(40)41-30(4,5)6;1-13-7-8-17(24-15(3)29)16(10-13)22(30)27-9-5-4-6-19(27)18-11-20-25-21(23)14(2)12-28(20)26-18;1-8(2,3)12-7(11)10-6-4-9-5-6/h10-11,13-15,21,25H,7-9,12,16-17H2,1-6H3,(H,31,38)(H,32,40);7-8,10-12,19H,4-6,9H2,1-3H3,(H,24,29);6,9H,4-5H2,1-3H3,(H,10,11)/t25-;19-;/m00./s1. The Morgan fingerprint density at radius 2 is 1.05 bits per heavy atom. The van der Waals surface area contributed by atoms with Crippen molar-refractivity contribution < 1.29 is 38.2 Å². The van der Waals surface area contributed by atoms with Gasteiger partial charge in [-0.25, -0.2) is 28.6 Å². The van der Waals surface area contributed by atoms with E-state index in [1.54, 1.807) is 21.2 Å². The zero-order valence-corrected chi connectivity index (χ0v) is 50.5. The maximum absolute atomic E-state index is 13.9. The minimum atomic E-state index is -0.539. The largest absolute Gasteiger partial charge is 0.444 e. The molecule has 8 heterocycles. The molecule has 2 aromatic carbocycles. The number of rotatable bonds is 9. The maximum atomic E-state index is 13.9. The highest BCUT2D eigenvalue weighted by atomic mass is 35.5. The van der Waals surface area contributed by atoms with Gasteiger partial charge in [0.1, 0.15) is 22.2 Å². The molecular weight excluding hydrogens is 1080 g/mol. The fourth-order valence-corrected chi connectivity index (χ4v) is 10.4. The smallest absolute Gasteiger partial charge is 0.407 e. The van der Waals surface area contributed by atoms with Crippen LogP contribution in [-0.2, 0) is 19.1 Å². The van der Waals surface area contributed by atoms with Crippen LogP contribution in [0.5, 0.6) is 0 Å². The number of halogens is 1. The second-order valence-corrected chi connectivity index (χ2v) is 24.3. The number of carbonyl (C=O) groups excluding carboxylic acids is 6. The van der Waals surface area contributed by atoms with Crippen LogP contribution in [0.3, 0.4) is 0 Å². The summed E-state index contributed by atoms with van der Waals surface area (Å²) in [7, 11) is 0. The van der Waals surface area contributed by atoms with Gasteiger partial charge in [0.05, 0.1) is 58.1 Å². The summed E-state index contributed by atoms with van der Waals surface area (Å²) >= 11 is 6.16. The second-order valence-electron chi connectivity index (χ2n) is 23.9. The average molecular weight is 1160 g/mol. The minimum absolute atomic E-state index is 0.00596. The van der Waals surface area contributed by atoms with Crippen LogP contribution in [0.1, 0.15) is 160 Å². The number of hydrogen-bond donors (Lipinski definition) is 5. The Bertz CT molecular complexity index is 3350. The molecule has 22 nitrogen and oxygen atoms in total. The first kappa shape index (κ1) is 61.2. The molecule has 6 amide bonds. The Morgan fingerprint density at radius 3 is 1.48 bits per heavy atom. The summed E-state index contributed by atoms with van der Waals surface area (Å²) < 4.78 is 13.9. The third kappa shape index (κ3) is 15.8. The summed E-state index contributed by atoms with van der Waals surface area (Å²) in [6.07, 6.45) is 8.54. The fourth-order valence-electron chi connectivity index (χ4n) is 10.3. The molecule has 4 aliphatic heterocycles. The summed E-state index contributed by atoms with van der Waals surface area (Å²) in [6.45, 7) is 25.9. The Hall–Kier alpha value is -7.85. The predicted octanol–water partition coefficient (Wildman–Crippen LogP) is 9.19. The van der Waals surface area contributed by atoms with Crippen LogP contribution in [0.15, 0.2) is 60.9 Å². The van der Waals surface area contributed by atoms with E-state index in [0.29, 0.717) is 65.1 Å². The highest BCUT2D eigenvalue weighted by Gasteiger charge is 2.36. The van der Waals surface area contributed by atoms with Crippen LogP contribution in [0.4, 0.5) is 26.8 Å². The minimum Gasteiger partial charge on any atom is -0.444 e. The number of benzene rings is 2. The molecule has 0 bridgehead atoms. The number of amides is 6. The normalized spacial score (nSPS) is 17.4. The first-order valence-corrected chi connectivity index (χ1v) is 28.8. The summed E-state index contributed by atoms with van der Waals surface area (Å²) in [5, 5.41) is 24.3. The maximum Gasteiger partial charge on any atom is 0.407 e. The fraction of sp³-hybridized carbons (Fsp3) is 0.500. The van der Waals surface area contributed by atoms with E-state index in [2.05, 4.69) is 41.6 Å². The van der Waals surface area contributed by atoms with E-state index in [1.165, 1.54) is 13.8 Å². The van der Waals surface area contributed by atoms with E-state index < -0.39 is 17.3 Å². The lowest BCUT2D eigenvalue weighted by Gasteiger charge is -2.41. The van der Waals surface area contributed by atoms with Crippen molar-refractivity contribution >= 4 is 75.9 Å². The van der Waals surface area contributed by atoms with Gasteiger partial charge in [-0.3, -0.25) is 19.2 Å². The lowest BCUT2D eigenvalue weighted by atomic mass is 9.97. The molecule has 6 aromatic rings. The van der Waals surface area contributed by atoms with E-state index in [1.807, 2.05) is 128 Å². The van der Waals surface area contributed by atoms with E-state index in [9.17, 15) is 28.8 Å². The van der Waals surface area contributed by atoms with Crippen molar-refractivity contribution in [3.05, 3.63) is 111 Å². The van der Waals surface area contributed by atoms with Crippen LogP contribution < -0.4 is 31.5 Å². The van der Waals surface area contributed by atoms with E-state index in [0.717, 1.165) is 91.1 Å². The molecule has 83 heavy (non-hydrogen) atoms. The van der Waals surface area contributed by atoms with Crippen LogP contribution in [0.25, 0.3) is 11.3 Å². The van der Waals surface area contributed by atoms with Gasteiger partial charge in [0, 0.05) is 88.8 Å². The van der Waals surface area contributed by atoms with Crippen LogP contribution in [-0.4, -0.2) is 137 Å². The number of likely N-dealkylation sites (tertiary alicyclic amines) is 2. The number of nitrogens with zero attached hydrogens (tertiary/aromatic N) is 9. The van der Waals surface area contributed by atoms with E-state index in [4.69, 9.17) is 31.2 Å². The molecule has 10 rings (SSSR count). The molecule has 4 saturated heterocycles.